The van der Waals surface area contributed by atoms with Gasteiger partial charge in [0.05, 0.1) is 0 Å². The molecule has 1 rings (SSSR count). The largest absolute Gasteiger partial charge is 0.317 e. The molecular weight excluding hydrogens is 170 g/mol. The molecule has 0 heterocycles. The van der Waals surface area contributed by atoms with Crippen LogP contribution >= 0.6 is 12.4 Å². The van der Waals surface area contributed by atoms with Gasteiger partial charge in [-0.05, 0) is 26.3 Å². The van der Waals surface area contributed by atoms with Gasteiger partial charge in [-0.3, -0.25) is 0 Å². The molecule has 1 aliphatic rings. The standard InChI is InChI=1S/C10H21N.ClH/c1-9(11-2)8-10-6-4-3-5-7-10;/h9-11H,3-8H2,1-2H3;1H/t9-;/m1./s1. The third-order valence-electron chi connectivity index (χ3n) is 2.90. The van der Waals surface area contributed by atoms with E-state index in [1.165, 1.54) is 38.5 Å². The summed E-state index contributed by atoms with van der Waals surface area (Å²) in [6, 6.07) is 0.720. The first-order valence-corrected chi connectivity index (χ1v) is 5.00. The highest BCUT2D eigenvalue weighted by molar-refractivity contribution is 5.85. The Bertz CT molecular complexity index is 100. The first kappa shape index (κ1) is 12.2. The fraction of sp³-hybridized carbons (Fsp3) is 1.00. The first-order chi connectivity index (χ1) is 5.33. The molecule has 0 bridgehead atoms. The molecular formula is C10H22ClN. The average molecular weight is 192 g/mol. The van der Waals surface area contributed by atoms with E-state index in [0.717, 1.165) is 12.0 Å². The third-order valence-corrected chi connectivity index (χ3v) is 2.90. The Hall–Kier alpha value is 0.250. The van der Waals surface area contributed by atoms with Crippen molar-refractivity contribution in [3.05, 3.63) is 0 Å². The molecule has 0 amide bonds. The van der Waals surface area contributed by atoms with Crippen molar-refractivity contribution in [3.8, 4) is 0 Å². The van der Waals surface area contributed by atoms with Crippen LogP contribution in [0.3, 0.4) is 0 Å². The van der Waals surface area contributed by atoms with Crippen LogP contribution in [0.15, 0.2) is 0 Å². The molecule has 1 aliphatic carbocycles. The Labute approximate surface area is 82.7 Å². The zero-order valence-electron chi connectivity index (χ0n) is 8.31. The summed E-state index contributed by atoms with van der Waals surface area (Å²) >= 11 is 0. The summed E-state index contributed by atoms with van der Waals surface area (Å²) in [6.07, 6.45) is 8.77. The molecule has 0 saturated heterocycles. The van der Waals surface area contributed by atoms with E-state index in [9.17, 15) is 0 Å². The zero-order valence-corrected chi connectivity index (χ0v) is 9.12. The van der Waals surface area contributed by atoms with E-state index in [-0.39, 0.29) is 12.4 Å². The van der Waals surface area contributed by atoms with Gasteiger partial charge in [0.15, 0.2) is 0 Å². The molecule has 0 aromatic carbocycles. The van der Waals surface area contributed by atoms with Crippen LogP contribution in [0.4, 0.5) is 0 Å². The minimum absolute atomic E-state index is 0. The Morgan fingerprint density at radius 3 is 2.33 bits per heavy atom. The van der Waals surface area contributed by atoms with Crippen LogP contribution in [-0.2, 0) is 0 Å². The van der Waals surface area contributed by atoms with E-state index < -0.39 is 0 Å². The first-order valence-electron chi connectivity index (χ1n) is 5.00. The third kappa shape index (κ3) is 4.32. The van der Waals surface area contributed by atoms with Crippen molar-refractivity contribution in [1.29, 1.82) is 0 Å². The van der Waals surface area contributed by atoms with Crippen molar-refractivity contribution in [1.82, 2.24) is 5.32 Å². The minimum Gasteiger partial charge on any atom is -0.317 e. The molecule has 0 unspecified atom stereocenters. The van der Waals surface area contributed by atoms with E-state index in [1.54, 1.807) is 0 Å². The van der Waals surface area contributed by atoms with Crippen molar-refractivity contribution in [2.75, 3.05) is 7.05 Å². The quantitative estimate of drug-likeness (QED) is 0.724. The van der Waals surface area contributed by atoms with E-state index >= 15 is 0 Å². The number of hydrogen-bond acceptors (Lipinski definition) is 1. The van der Waals surface area contributed by atoms with E-state index in [4.69, 9.17) is 0 Å². The molecule has 0 aromatic rings. The topological polar surface area (TPSA) is 12.0 Å². The van der Waals surface area contributed by atoms with E-state index in [2.05, 4.69) is 19.3 Å². The summed E-state index contributed by atoms with van der Waals surface area (Å²) in [5.41, 5.74) is 0. The second-order valence-electron chi connectivity index (χ2n) is 3.93. The zero-order chi connectivity index (χ0) is 8.10. The summed E-state index contributed by atoms with van der Waals surface area (Å²) in [6.45, 7) is 2.29. The highest BCUT2D eigenvalue weighted by Crippen LogP contribution is 2.26. The second-order valence-corrected chi connectivity index (χ2v) is 3.93. The monoisotopic (exact) mass is 191 g/mol. The Morgan fingerprint density at radius 2 is 1.83 bits per heavy atom. The lowest BCUT2D eigenvalue weighted by atomic mass is 9.85. The maximum atomic E-state index is 3.31. The lowest BCUT2D eigenvalue weighted by Gasteiger charge is -2.24. The summed E-state index contributed by atoms with van der Waals surface area (Å²) in [5, 5.41) is 3.31. The van der Waals surface area contributed by atoms with Gasteiger partial charge in [0.2, 0.25) is 0 Å². The van der Waals surface area contributed by atoms with Crippen molar-refractivity contribution in [2.45, 2.75) is 51.5 Å². The Balaban J connectivity index is 0.00000121. The number of rotatable bonds is 3. The molecule has 12 heavy (non-hydrogen) atoms. The van der Waals surface area contributed by atoms with Crippen LogP contribution in [0.1, 0.15) is 45.4 Å². The smallest absolute Gasteiger partial charge is 0.00383 e. The van der Waals surface area contributed by atoms with Gasteiger partial charge in [0.1, 0.15) is 0 Å². The average Bonchev–Trinajstić information content (AvgIpc) is 2.06. The Kier molecular flexibility index (Phi) is 6.87. The number of hydrogen-bond donors (Lipinski definition) is 1. The van der Waals surface area contributed by atoms with Crippen LogP contribution in [0.5, 0.6) is 0 Å². The molecule has 1 nitrogen and oxygen atoms in total. The van der Waals surface area contributed by atoms with Gasteiger partial charge in [0, 0.05) is 6.04 Å². The molecule has 0 aromatic heterocycles. The van der Waals surface area contributed by atoms with Crippen LogP contribution in [0.2, 0.25) is 0 Å². The lowest BCUT2D eigenvalue weighted by Crippen LogP contribution is -2.25. The normalized spacial score (nSPS) is 21.5. The molecule has 1 N–H and O–H groups in total. The Morgan fingerprint density at radius 1 is 1.25 bits per heavy atom. The fourth-order valence-corrected chi connectivity index (χ4v) is 2.04. The van der Waals surface area contributed by atoms with Gasteiger partial charge < -0.3 is 5.32 Å². The van der Waals surface area contributed by atoms with Gasteiger partial charge in [-0.2, -0.15) is 0 Å². The van der Waals surface area contributed by atoms with Crippen molar-refractivity contribution in [3.63, 3.8) is 0 Å². The number of nitrogens with one attached hydrogen (secondary N) is 1. The molecule has 1 fully saturated rings. The van der Waals surface area contributed by atoms with Gasteiger partial charge in [-0.1, -0.05) is 32.1 Å². The van der Waals surface area contributed by atoms with Crippen LogP contribution in [-0.4, -0.2) is 13.1 Å². The van der Waals surface area contributed by atoms with Crippen LogP contribution in [0.25, 0.3) is 0 Å². The summed E-state index contributed by atoms with van der Waals surface area (Å²) in [7, 11) is 2.06. The number of halogens is 1. The highest BCUT2D eigenvalue weighted by atomic mass is 35.5. The van der Waals surface area contributed by atoms with Gasteiger partial charge in [0.25, 0.3) is 0 Å². The minimum atomic E-state index is 0. The van der Waals surface area contributed by atoms with Crippen LogP contribution < -0.4 is 5.32 Å². The molecule has 0 radical (unpaired) electrons. The molecule has 0 aliphatic heterocycles. The highest BCUT2D eigenvalue weighted by Gasteiger charge is 2.14. The van der Waals surface area contributed by atoms with Crippen molar-refractivity contribution in [2.24, 2.45) is 5.92 Å². The summed E-state index contributed by atoms with van der Waals surface area (Å²) in [5.74, 6) is 1.02. The maximum Gasteiger partial charge on any atom is 0.00383 e. The lowest BCUT2D eigenvalue weighted by molar-refractivity contribution is 0.311. The fourth-order valence-electron chi connectivity index (χ4n) is 2.04. The van der Waals surface area contributed by atoms with Crippen molar-refractivity contribution < 1.29 is 0 Å². The molecule has 74 valence electrons. The van der Waals surface area contributed by atoms with Gasteiger partial charge >= 0.3 is 0 Å². The molecule has 2 heteroatoms. The summed E-state index contributed by atoms with van der Waals surface area (Å²) < 4.78 is 0. The molecule has 0 spiro atoms. The van der Waals surface area contributed by atoms with Gasteiger partial charge in [-0.15, -0.1) is 12.4 Å². The maximum absolute atomic E-state index is 3.31. The van der Waals surface area contributed by atoms with E-state index in [1.807, 2.05) is 0 Å². The van der Waals surface area contributed by atoms with Crippen molar-refractivity contribution >= 4 is 12.4 Å². The predicted octanol–water partition coefficient (Wildman–Crippen LogP) is 2.99. The van der Waals surface area contributed by atoms with Gasteiger partial charge in [-0.25, -0.2) is 0 Å². The van der Waals surface area contributed by atoms with Crippen LogP contribution in [0, 0.1) is 5.92 Å². The second kappa shape index (κ2) is 6.73. The van der Waals surface area contributed by atoms with E-state index in [0.29, 0.717) is 0 Å². The molecule has 1 saturated carbocycles. The SMILES string of the molecule is CN[C@H](C)CC1CCCCC1.Cl. The predicted molar refractivity (Wildman–Crippen MR) is 57.0 cm³/mol. The molecule has 1 atom stereocenters. The summed E-state index contributed by atoms with van der Waals surface area (Å²) in [4.78, 5) is 0.